The molecule has 3 aromatic carbocycles. The van der Waals surface area contributed by atoms with Crippen molar-refractivity contribution in [1.82, 2.24) is 0 Å². The van der Waals surface area contributed by atoms with Gasteiger partial charge in [0.2, 0.25) is 0 Å². The van der Waals surface area contributed by atoms with E-state index in [9.17, 15) is 0 Å². The first-order chi connectivity index (χ1) is 15.9. The maximum absolute atomic E-state index is 2.58. The summed E-state index contributed by atoms with van der Waals surface area (Å²) in [5, 5.41) is 4.70. The fourth-order valence-electron chi connectivity index (χ4n) is 5.57. The molecule has 0 saturated heterocycles. The van der Waals surface area contributed by atoms with Gasteiger partial charge in [0.25, 0.3) is 0 Å². The molecule has 0 aromatic heterocycles. The Hall–Kier alpha value is -1.96. The van der Waals surface area contributed by atoms with Crippen molar-refractivity contribution in [2.45, 2.75) is 26.6 Å². The third-order valence-corrected chi connectivity index (χ3v) is 17.6. The third kappa shape index (κ3) is 4.75. The Labute approximate surface area is 213 Å². The summed E-state index contributed by atoms with van der Waals surface area (Å²) in [4.78, 5) is 0. The van der Waals surface area contributed by atoms with Crippen LogP contribution in [0, 0.1) is 5.92 Å². The van der Waals surface area contributed by atoms with Gasteiger partial charge in [0.05, 0.1) is 0 Å². The number of allylic oxidation sites excluding steroid dienone is 5. The number of benzene rings is 3. The summed E-state index contributed by atoms with van der Waals surface area (Å²) in [6.07, 6.45) is 13.9. The van der Waals surface area contributed by atoms with Gasteiger partial charge in [0, 0.05) is 0 Å². The quantitative estimate of drug-likeness (QED) is 0.294. The van der Waals surface area contributed by atoms with Crippen molar-refractivity contribution in [2.75, 3.05) is 0 Å². The summed E-state index contributed by atoms with van der Waals surface area (Å²) in [6, 6.07) is 31.8. The standard InChI is InChI=1S/C21H16P.C9H11.2FH.Hf/c1-3-11-19(12-4-1)22(20-13-5-2-6-14-20)21-15-17-9-7-8-10-18(17)16-21;1-2-5-9-7-3-6-8(9)4-1;;;/h1-16H;1-2,4,6,9H,3,5,7H2;2*1H;/q;;;;+2/p-2. The second kappa shape index (κ2) is 11.2. The first-order valence-corrected chi connectivity index (χ1v) is 17.2. The molecule has 34 heavy (non-hydrogen) atoms. The zero-order valence-corrected chi connectivity index (χ0v) is 23.4. The Morgan fingerprint density at radius 1 is 0.735 bits per heavy atom. The molecule has 1 saturated carbocycles. The number of rotatable bonds is 5. The molecule has 0 aliphatic heterocycles. The average Bonchev–Trinajstić information content (AvgIpc) is 3.43. The van der Waals surface area contributed by atoms with E-state index in [2.05, 4.69) is 109 Å². The van der Waals surface area contributed by atoms with E-state index in [0.29, 0.717) is 3.67 Å². The van der Waals surface area contributed by atoms with Crippen LogP contribution < -0.4 is 20.0 Å². The monoisotopic (exact) mass is 636 g/mol. The fraction of sp³-hybridized carbons (Fsp3) is 0.200. The number of fused-ring (bicyclic) bond motifs is 2. The van der Waals surface area contributed by atoms with Crippen molar-refractivity contribution in [2.24, 2.45) is 5.92 Å². The van der Waals surface area contributed by atoms with E-state index >= 15 is 0 Å². The molecular formula is C30H27F2HfP. The molecule has 3 atom stereocenters. The molecular weight excluding hydrogens is 608 g/mol. The molecule has 4 heteroatoms. The van der Waals surface area contributed by atoms with E-state index in [-0.39, 0.29) is 9.41 Å². The Balaban J connectivity index is 0.00000137. The minimum atomic E-state index is -1.01. The van der Waals surface area contributed by atoms with Gasteiger partial charge in [0.15, 0.2) is 0 Å². The number of hydrogen-bond donors (Lipinski definition) is 0. The third-order valence-electron chi connectivity index (χ3n) is 7.08. The van der Waals surface area contributed by atoms with E-state index < -0.39 is 30.8 Å². The fourth-order valence-corrected chi connectivity index (χ4v) is 17.1. The molecule has 1 fully saturated rings. The van der Waals surface area contributed by atoms with E-state index in [1.54, 1.807) is 10.9 Å². The zero-order valence-electron chi connectivity index (χ0n) is 18.9. The predicted molar refractivity (Wildman–Crippen MR) is 135 cm³/mol. The Morgan fingerprint density at radius 3 is 2.09 bits per heavy atom. The Bertz CT molecular complexity index is 1160. The molecule has 0 N–H and O–H groups in total. The first-order valence-electron chi connectivity index (χ1n) is 11.7. The van der Waals surface area contributed by atoms with Gasteiger partial charge < -0.3 is 9.41 Å². The van der Waals surface area contributed by atoms with Crippen LogP contribution in [0.2, 0.25) is 3.67 Å². The second-order valence-electron chi connectivity index (χ2n) is 8.96. The Morgan fingerprint density at radius 2 is 1.38 bits per heavy atom. The molecule has 6 rings (SSSR count). The number of halogens is 2. The summed E-state index contributed by atoms with van der Waals surface area (Å²) in [5.74, 6) is 0.839. The van der Waals surface area contributed by atoms with Crippen LogP contribution in [0.1, 0.15) is 34.1 Å². The smallest absolute Gasteiger partial charge is 1.00 e. The van der Waals surface area contributed by atoms with Crippen LogP contribution >= 0.6 is 7.92 Å². The van der Waals surface area contributed by atoms with Gasteiger partial charge in [-0.05, 0) is 0 Å². The maximum atomic E-state index is 2.58. The summed E-state index contributed by atoms with van der Waals surface area (Å²) < 4.78 is 1.61. The molecule has 0 heterocycles. The molecule has 0 radical (unpaired) electrons. The van der Waals surface area contributed by atoms with Crippen molar-refractivity contribution in [3.63, 3.8) is 0 Å². The van der Waals surface area contributed by atoms with Crippen LogP contribution in [-0.4, -0.2) is 0 Å². The van der Waals surface area contributed by atoms with Gasteiger partial charge in [-0.1, -0.05) is 0 Å². The molecule has 3 unspecified atom stereocenters. The van der Waals surface area contributed by atoms with E-state index in [1.165, 1.54) is 35.4 Å². The first kappa shape index (κ1) is 25.1. The molecule has 3 aromatic rings. The van der Waals surface area contributed by atoms with Crippen LogP contribution in [0.25, 0.3) is 6.08 Å². The van der Waals surface area contributed by atoms with Gasteiger partial charge in [-0.15, -0.1) is 0 Å². The maximum Gasteiger partial charge on any atom is -1.00 e. The van der Waals surface area contributed by atoms with Gasteiger partial charge >= 0.3 is 205 Å². The molecule has 0 bridgehead atoms. The van der Waals surface area contributed by atoms with Gasteiger partial charge in [0.1, 0.15) is 0 Å². The molecule has 0 spiro atoms. The SMILES string of the molecule is C1=CCC2CC[CH]([Hf+2][CH]3C(P(c4ccccc4)c4ccccc4)=Cc4ccccc43)C2=C1.[F-].[F-]. The van der Waals surface area contributed by atoms with Crippen molar-refractivity contribution in [3.8, 4) is 0 Å². The predicted octanol–water partition coefficient (Wildman–Crippen LogP) is 1.39. The molecule has 3 aliphatic carbocycles. The van der Waals surface area contributed by atoms with Crippen molar-refractivity contribution in [3.05, 3.63) is 125 Å². The number of hydrogen-bond acceptors (Lipinski definition) is 0. The zero-order chi connectivity index (χ0) is 21.3. The van der Waals surface area contributed by atoms with Gasteiger partial charge in [-0.2, -0.15) is 0 Å². The summed E-state index contributed by atoms with van der Waals surface area (Å²) in [5.41, 5.74) is 4.91. The van der Waals surface area contributed by atoms with E-state index in [0.717, 1.165) is 9.59 Å². The average molecular weight is 635 g/mol. The van der Waals surface area contributed by atoms with Crippen LogP contribution in [0.15, 0.2) is 114 Å². The van der Waals surface area contributed by atoms with Crippen LogP contribution in [-0.2, 0) is 22.9 Å². The van der Waals surface area contributed by atoms with Crippen LogP contribution in [0.5, 0.6) is 0 Å². The van der Waals surface area contributed by atoms with E-state index in [4.69, 9.17) is 0 Å². The minimum Gasteiger partial charge on any atom is -1.00 e. The molecule has 0 nitrogen and oxygen atoms in total. The van der Waals surface area contributed by atoms with Crippen molar-refractivity contribution < 1.29 is 32.3 Å². The molecule has 3 aliphatic rings. The van der Waals surface area contributed by atoms with E-state index in [1.807, 2.05) is 5.57 Å². The summed E-state index contributed by atoms with van der Waals surface area (Å²) in [7, 11) is -0.501. The van der Waals surface area contributed by atoms with Crippen molar-refractivity contribution in [1.29, 1.82) is 0 Å². The summed E-state index contributed by atoms with van der Waals surface area (Å²) in [6.45, 7) is 0. The normalized spacial score (nSPS) is 22.0. The largest absolute Gasteiger partial charge is 1.00 e. The minimum absolute atomic E-state index is 0. The second-order valence-corrected chi connectivity index (χ2v) is 17.0. The Kier molecular flexibility index (Phi) is 8.27. The molecule has 0 amide bonds. The molecule has 170 valence electrons. The van der Waals surface area contributed by atoms with Gasteiger partial charge in [-0.25, -0.2) is 0 Å². The van der Waals surface area contributed by atoms with Crippen molar-refractivity contribution >= 4 is 24.6 Å². The van der Waals surface area contributed by atoms with Crippen LogP contribution in [0.3, 0.4) is 0 Å². The van der Waals surface area contributed by atoms with Crippen LogP contribution in [0.4, 0.5) is 0 Å². The van der Waals surface area contributed by atoms with Gasteiger partial charge in [-0.3, -0.25) is 0 Å². The topological polar surface area (TPSA) is 0 Å². The summed E-state index contributed by atoms with van der Waals surface area (Å²) >= 11 is -1.01.